The fourth-order valence-corrected chi connectivity index (χ4v) is 1.61. The Balaban J connectivity index is 2.52. The third-order valence-electron chi connectivity index (χ3n) is 3.42. The van der Waals surface area contributed by atoms with Crippen molar-refractivity contribution in [2.24, 2.45) is 5.92 Å². The maximum absolute atomic E-state index is 11.8. The van der Waals surface area contributed by atoms with E-state index in [0.717, 1.165) is 0 Å². The van der Waals surface area contributed by atoms with Crippen LogP contribution in [-0.2, 0) is 11.3 Å². The van der Waals surface area contributed by atoms with Crippen molar-refractivity contribution in [3.8, 4) is 0 Å². The maximum Gasteiger partial charge on any atom is 0.240 e. The molecule has 0 aliphatic rings. The molecule has 0 radical (unpaired) electrons. The second kappa shape index (κ2) is 6.59. The zero-order valence-corrected chi connectivity index (χ0v) is 12.0. The van der Waals surface area contributed by atoms with Crippen LogP contribution in [0.1, 0.15) is 39.3 Å². The zero-order valence-electron chi connectivity index (χ0n) is 12.0. The van der Waals surface area contributed by atoms with Gasteiger partial charge in [-0.1, -0.05) is 13.8 Å². The lowest BCUT2D eigenvalue weighted by Gasteiger charge is -2.17. The van der Waals surface area contributed by atoms with Crippen molar-refractivity contribution >= 4 is 5.91 Å². The van der Waals surface area contributed by atoms with Gasteiger partial charge in [-0.05, 0) is 38.4 Å². The van der Waals surface area contributed by atoms with E-state index in [9.17, 15) is 4.79 Å². The van der Waals surface area contributed by atoms with Crippen LogP contribution in [0.3, 0.4) is 0 Å². The summed E-state index contributed by atoms with van der Waals surface area (Å²) in [5.41, 5.74) is 1.20. The Hall–Kier alpha value is -1.29. The van der Waals surface area contributed by atoms with Crippen LogP contribution in [0.4, 0.5) is 0 Å². The second-order valence-corrected chi connectivity index (χ2v) is 5.23. The lowest BCUT2D eigenvalue weighted by atomic mass is 10.1. The second-order valence-electron chi connectivity index (χ2n) is 5.23. The van der Waals surface area contributed by atoms with Crippen molar-refractivity contribution in [3.05, 3.63) is 24.0 Å². The zero-order chi connectivity index (χ0) is 13.7. The van der Waals surface area contributed by atoms with Crippen LogP contribution in [0.15, 0.2) is 18.5 Å². The van der Waals surface area contributed by atoms with E-state index < -0.39 is 0 Å². The number of carbonyl (C=O) groups excluding carboxylic acids is 1. The van der Waals surface area contributed by atoms with Gasteiger partial charge in [0.2, 0.25) is 5.91 Å². The molecule has 0 spiro atoms. The molecule has 2 atom stereocenters. The minimum Gasteiger partial charge on any atom is -0.352 e. The highest BCUT2D eigenvalue weighted by molar-refractivity contribution is 5.76. The summed E-state index contributed by atoms with van der Waals surface area (Å²) in [6.07, 6.45) is 3.96. The minimum atomic E-state index is 0.0652. The van der Waals surface area contributed by atoms with Gasteiger partial charge in [0.25, 0.3) is 0 Å². The van der Waals surface area contributed by atoms with Crippen LogP contribution in [0.5, 0.6) is 0 Å². The molecule has 1 aromatic heterocycles. The van der Waals surface area contributed by atoms with Gasteiger partial charge >= 0.3 is 0 Å². The van der Waals surface area contributed by atoms with Gasteiger partial charge in [-0.25, -0.2) is 0 Å². The Morgan fingerprint density at radius 1 is 1.33 bits per heavy atom. The molecule has 1 rings (SSSR count). The predicted molar refractivity (Wildman–Crippen MR) is 74.3 cm³/mol. The van der Waals surface area contributed by atoms with Crippen LogP contribution in [0, 0.1) is 5.92 Å². The Kier molecular flexibility index (Phi) is 5.41. The molecule has 0 fully saturated rings. The summed E-state index contributed by atoms with van der Waals surface area (Å²) in [7, 11) is 1.93. The van der Waals surface area contributed by atoms with Gasteiger partial charge in [0, 0.05) is 24.5 Å². The van der Waals surface area contributed by atoms with E-state index in [1.807, 2.05) is 37.0 Å². The van der Waals surface area contributed by atoms with E-state index in [2.05, 4.69) is 31.4 Å². The Morgan fingerprint density at radius 3 is 2.56 bits per heavy atom. The molecule has 1 heterocycles. The topological polar surface area (TPSA) is 46.1 Å². The molecule has 0 saturated carbocycles. The number of hydrogen-bond acceptors (Lipinski definition) is 2. The molecule has 2 N–H and O–H groups in total. The monoisotopic (exact) mass is 251 g/mol. The maximum atomic E-state index is 11.8. The minimum absolute atomic E-state index is 0.0652. The molecule has 102 valence electrons. The number of aromatic nitrogens is 1. The molecule has 0 bridgehead atoms. The number of nitrogens with zero attached hydrogens (tertiary/aromatic N) is 1. The summed E-state index contributed by atoms with van der Waals surface area (Å²) in [6, 6.07) is 2.56. The highest BCUT2D eigenvalue weighted by atomic mass is 16.2. The predicted octanol–water partition coefficient (Wildman–Crippen LogP) is 1.93. The summed E-state index contributed by atoms with van der Waals surface area (Å²) in [5, 5.41) is 6.19. The summed E-state index contributed by atoms with van der Waals surface area (Å²) in [5.74, 6) is 0.522. The largest absolute Gasteiger partial charge is 0.352 e. The van der Waals surface area contributed by atoms with Crippen molar-refractivity contribution in [1.29, 1.82) is 0 Å². The van der Waals surface area contributed by atoms with Crippen LogP contribution < -0.4 is 10.6 Å². The fourth-order valence-electron chi connectivity index (χ4n) is 1.61. The molecule has 2 unspecified atom stereocenters. The number of carbonyl (C=O) groups is 1. The van der Waals surface area contributed by atoms with E-state index in [1.165, 1.54) is 5.56 Å². The summed E-state index contributed by atoms with van der Waals surface area (Å²) < 4.78 is 1.92. The average molecular weight is 251 g/mol. The van der Waals surface area contributed by atoms with Crippen LogP contribution >= 0.6 is 0 Å². The highest BCUT2D eigenvalue weighted by Gasteiger charge is 2.11. The molecule has 0 aliphatic heterocycles. The molecule has 1 amide bonds. The van der Waals surface area contributed by atoms with Gasteiger partial charge in [-0.15, -0.1) is 0 Å². The number of hydrogen-bond donors (Lipinski definition) is 2. The third kappa shape index (κ3) is 4.18. The smallest absolute Gasteiger partial charge is 0.240 e. The first-order valence-corrected chi connectivity index (χ1v) is 6.56. The normalized spacial score (nSPS) is 14.6. The van der Waals surface area contributed by atoms with Crippen LogP contribution in [0.2, 0.25) is 0 Å². The molecule has 18 heavy (non-hydrogen) atoms. The average Bonchev–Trinajstić information content (AvgIpc) is 2.76. The lowest BCUT2D eigenvalue weighted by Crippen LogP contribution is -2.37. The van der Waals surface area contributed by atoms with Gasteiger partial charge in [0.1, 0.15) is 6.54 Å². The first-order valence-electron chi connectivity index (χ1n) is 6.56. The molecular weight excluding hydrogens is 226 g/mol. The van der Waals surface area contributed by atoms with Crippen molar-refractivity contribution in [2.45, 2.75) is 46.3 Å². The van der Waals surface area contributed by atoms with E-state index >= 15 is 0 Å². The van der Waals surface area contributed by atoms with Gasteiger partial charge < -0.3 is 15.2 Å². The van der Waals surface area contributed by atoms with E-state index in [0.29, 0.717) is 18.5 Å². The first-order chi connectivity index (χ1) is 8.43. The van der Waals surface area contributed by atoms with E-state index in [1.54, 1.807) is 0 Å². The van der Waals surface area contributed by atoms with Crippen LogP contribution in [0.25, 0.3) is 0 Å². The lowest BCUT2D eigenvalue weighted by molar-refractivity contribution is -0.122. The number of amides is 1. The van der Waals surface area contributed by atoms with Gasteiger partial charge in [0.15, 0.2) is 0 Å². The van der Waals surface area contributed by atoms with Crippen molar-refractivity contribution in [2.75, 3.05) is 7.05 Å². The Morgan fingerprint density at radius 2 is 2.00 bits per heavy atom. The fraction of sp³-hybridized carbons (Fsp3) is 0.643. The first kappa shape index (κ1) is 14.8. The van der Waals surface area contributed by atoms with Gasteiger partial charge in [-0.3, -0.25) is 4.79 Å². The van der Waals surface area contributed by atoms with Crippen LogP contribution in [-0.4, -0.2) is 23.6 Å². The summed E-state index contributed by atoms with van der Waals surface area (Å²) in [6.45, 7) is 8.72. The molecule has 1 aromatic rings. The van der Waals surface area contributed by atoms with Crippen molar-refractivity contribution in [1.82, 2.24) is 15.2 Å². The molecule has 4 heteroatoms. The van der Waals surface area contributed by atoms with E-state index in [-0.39, 0.29) is 11.9 Å². The summed E-state index contributed by atoms with van der Waals surface area (Å²) in [4.78, 5) is 11.8. The molecule has 0 aliphatic carbocycles. The Labute approximate surface area is 110 Å². The highest BCUT2D eigenvalue weighted by Crippen LogP contribution is 2.11. The van der Waals surface area contributed by atoms with E-state index in [4.69, 9.17) is 0 Å². The number of nitrogens with one attached hydrogen (secondary N) is 2. The molecular formula is C14H25N3O. The molecule has 4 nitrogen and oxygen atoms in total. The number of rotatable bonds is 6. The molecule has 0 saturated heterocycles. The quantitative estimate of drug-likeness (QED) is 0.811. The summed E-state index contributed by atoms with van der Waals surface area (Å²) >= 11 is 0. The van der Waals surface area contributed by atoms with Gasteiger partial charge in [0.05, 0.1) is 0 Å². The standard InChI is InChI=1S/C14H25N3O/c1-10(2)11(3)16-14(18)9-17-7-6-13(8-17)12(4)15-5/h6-8,10-12,15H,9H2,1-5H3,(H,16,18). The molecule has 0 aromatic carbocycles. The van der Waals surface area contributed by atoms with Gasteiger partial charge in [-0.2, -0.15) is 0 Å². The van der Waals surface area contributed by atoms with Crippen molar-refractivity contribution in [3.63, 3.8) is 0 Å². The third-order valence-corrected chi connectivity index (χ3v) is 3.42. The SMILES string of the molecule is CNC(C)c1ccn(CC(=O)NC(C)C(C)C)c1. The van der Waals surface area contributed by atoms with Crippen molar-refractivity contribution < 1.29 is 4.79 Å². The Bertz CT molecular complexity index is 384.